The van der Waals surface area contributed by atoms with E-state index in [-0.39, 0.29) is 23.0 Å². The third kappa shape index (κ3) is 5.11. The van der Waals surface area contributed by atoms with Gasteiger partial charge in [0.1, 0.15) is 5.82 Å². The van der Waals surface area contributed by atoms with Crippen LogP contribution >= 0.6 is 0 Å². The SMILES string of the molecule is Cc1cc(Oc2c(F)cccc2F)ncc1-n1ncc(C(=O)c2cc3c4c(ccc3[nH]2)CN(CC2CCN(C)C2)CC4)c1N. The van der Waals surface area contributed by atoms with Gasteiger partial charge in [0, 0.05) is 43.1 Å². The summed E-state index contributed by atoms with van der Waals surface area (Å²) < 4.78 is 34.9. The number of carbonyl (C=O) groups excluding carboxylic acids is 1. The van der Waals surface area contributed by atoms with Gasteiger partial charge in [0.2, 0.25) is 17.4 Å². The van der Waals surface area contributed by atoms with E-state index in [1.807, 2.05) is 6.07 Å². The van der Waals surface area contributed by atoms with Gasteiger partial charge < -0.3 is 20.4 Å². The van der Waals surface area contributed by atoms with Crippen LogP contribution in [0.4, 0.5) is 14.6 Å². The zero-order chi connectivity index (χ0) is 30.5. The Labute approximate surface area is 253 Å². The Kier molecular flexibility index (Phi) is 7.14. The first-order chi connectivity index (χ1) is 21.2. The van der Waals surface area contributed by atoms with Crippen molar-refractivity contribution in [2.45, 2.75) is 26.3 Å². The molecule has 5 aromatic rings. The highest BCUT2D eigenvalue weighted by molar-refractivity contribution is 6.12. The first-order valence-corrected chi connectivity index (χ1v) is 14.8. The molecule has 1 unspecified atom stereocenters. The zero-order valence-electron chi connectivity index (χ0n) is 24.6. The molecule has 5 heterocycles. The van der Waals surface area contributed by atoms with Crippen molar-refractivity contribution in [3.05, 3.63) is 94.4 Å². The van der Waals surface area contributed by atoms with E-state index >= 15 is 0 Å². The van der Waals surface area contributed by atoms with Crippen molar-refractivity contribution >= 4 is 22.5 Å². The lowest BCUT2D eigenvalue weighted by Gasteiger charge is -2.31. The third-order valence-corrected chi connectivity index (χ3v) is 8.80. The van der Waals surface area contributed by atoms with E-state index in [2.05, 4.69) is 44.0 Å². The van der Waals surface area contributed by atoms with E-state index in [1.54, 1.807) is 6.92 Å². The van der Waals surface area contributed by atoms with Gasteiger partial charge in [-0.25, -0.2) is 18.4 Å². The second-order valence-electron chi connectivity index (χ2n) is 11.9. The van der Waals surface area contributed by atoms with Crippen LogP contribution in [-0.4, -0.2) is 68.6 Å². The Morgan fingerprint density at radius 2 is 1.95 bits per heavy atom. The van der Waals surface area contributed by atoms with Crippen molar-refractivity contribution in [3.8, 4) is 17.3 Å². The number of nitrogens with zero attached hydrogens (tertiary/aromatic N) is 5. The van der Waals surface area contributed by atoms with Gasteiger partial charge in [0.15, 0.2) is 11.6 Å². The highest BCUT2D eigenvalue weighted by Crippen LogP contribution is 2.32. The number of nitrogen functional groups attached to an aromatic ring is 1. The lowest BCUT2D eigenvalue weighted by Crippen LogP contribution is -2.35. The molecule has 9 nitrogen and oxygen atoms in total. The quantitative estimate of drug-likeness (QED) is 0.247. The summed E-state index contributed by atoms with van der Waals surface area (Å²) in [7, 11) is 2.19. The molecular formula is C33H33F2N7O2. The lowest BCUT2D eigenvalue weighted by molar-refractivity contribution is 0.103. The Bertz CT molecular complexity index is 1880. The Hall–Kier alpha value is -4.61. The average Bonchev–Trinajstić information content (AvgIpc) is 3.73. The maximum atomic E-state index is 14.0. The lowest BCUT2D eigenvalue weighted by atomic mass is 9.95. The smallest absolute Gasteiger partial charge is 0.219 e. The number of rotatable bonds is 7. The molecule has 0 radical (unpaired) electrons. The van der Waals surface area contributed by atoms with Crippen LogP contribution in [-0.2, 0) is 13.0 Å². The molecule has 1 atom stereocenters. The number of nitrogens with one attached hydrogen (secondary N) is 1. The molecule has 0 aliphatic carbocycles. The van der Waals surface area contributed by atoms with Crippen LogP contribution in [0.2, 0.25) is 0 Å². The van der Waals surface area contributed by atoms with E-state index in [4.69, 9.17) is 10.5 Å². The first-order valence-electron chi connectivity index (χ1n) is 14.8. The molecule has 2 aromatic carbocycles. The van der Waals surface area contributed by atoms with Crippen LogP contribution in [0.3, 0.4) is 0 Å². The summed E-state index contributed by atoms with van der Waals surface area (Å²) in [6, 6.07) is 11.1. The van der Waals surface area contributed by atoms with Crippen molar-refractivity contribution in [1.82, 2.24) is 29.5 Å². The Morgan fingerprint density at radius 3 is 2.70 bits per heavy atom. The number of aromatic nitrogens is 4. The number of H-pyrrole nitrogens is 1. The van der Waals surface area contributed by atoms with Gasteiger partial charge in [-0.3, -0.25) is 9.69 Å². The molecule has 1 fully saturated rings. The van der Waals surface area contributed by atoms with Gasteiger partial charge in [-0.05, 0) is 80.2 Å². The standard InChI is InChI=1S/C33H33F2N7O2/c1-19-12-30(44-32-25(34)4-3-5-26(32)35)37-15-29(19)42-33(36)24(14-38-42)31(43)28-13-23-22-9-11-41(17-20-8-10-40(2)16-20)18-21(22)6-7-27(23)39-28/h3-7,12-15,20,39H,8-11,16-18,36H2,1-2H3. The highest BCUT2D eigenvalue weighted by atomic mass is 19.1. The molecule has 7 rings (SSSR count). The fourth-order valence-electron chi connectivity index (χ4n) is 6.52. The predicted octanol–water partition coefficient (Wildman–Crippen LogP) is 5.25. The van der Waals surface area contributed by atoms with E-state index in [1.165, 1.54) is 53.3 Å². The van der Waals surface area contributed by atoms with Crippen LogP contribution in [0.15, 0.2) is 54.9 Å². The summed E-state index contributed by atoms with van der Waals surface area (Å²) in [6.45, 7) is 7.16. The van der Waals surface area contributed by atoms with E-state index < -0.39 is 17.4 Å². The number of ether oxygens (including phenoxy) is 1. The Balaban J connectivity index is 1.10. The number of para-hydroxylation sites is 1. The summed E-state index contributed by atoms with van der Waals surface area (Å²) in [5, 5.41) is 5.43. The van der Waals surface area contributed by atoms with Gasteiger partial charge in [-0.15, -0.1) is 0 Å². The molecule has 2 aliphatic rings. The maximum Gasteiger partial charge on any atom is 0.219 e. The summed E-state index contributed by atoms with van der Waals surface area (Å²) in [5.41, 5.74) is 11.8. The number of fused-ring (bicyclic) bond motifs is 3. The van der Waals surface area contributed by atoms with Crippen LogP contribution in [0.25, 0.3) is 16.6 Å². The number of hydrogen-bond donors (Lipinski definition) is 2. The van der Waals surface area contributed by atoms with E-state index in [0.717, 1.165) is 61.6 Å². The summed E-state index contributed by atoms with van der Waals surface area (Å²) in [5.74, 6) is -1.58. The Morgan fingerprint density at radius 1 is 1.14 bits per heavy atom. The van der Waals surface area contributed by atoms with Crippen LogP contribution in [0.5, 0.6) is 11.6 Å². The predicted molar refractivity (Wildman–Crippen MR) is 163 cm³/mol. The van der Waals surface area contributed by atoms with Crippen LogP contribution in [0.1, 0.15) is 39.2 Å². The normalized spacial score (nSPS) is 17.3. The molecule has 226 valence electrons. The number of pyridine rings is 1. The highest BCUT2D eigenvalue weighted by Gasteiger charge is 2.26. The number of likely N-dealkylation sites (tertiary alicyclic amines) is 1. The van der Waals surface area contributed by atoms with Crippen molar-refractivity contribution < 1.29 is 18.3 Å². The number of aryl methyl sites for hydroxylation is 1. The number of benzene rings is 2. The first kappa shape index (κ1) is 28.2. The van der Waals surface area contributed by atoms with Gasteiger partial charge in [0.25, 0.3) is 0 Å². The fraction of sp³-hybridized carbons (Fsp3) is 0.303. The van der Waals surface area contributed by atoms with Crippen molar-refractivity contribution in [2.75, 3.05) is 39.0 Å². The topological polar surface area (TPSA) is 105 Å². The molecule has 2 aliphatic heterocycles. The molecule has 3 N–H and O–H groups in total. The zero-order valence-corrected chi connectivity index (χ0v) is 24.6. The second kappa shape index (κ2) is 11.1. The minimum absolute atomic E-state index is 0.00736. The van der Waals surface area contributed by atoms with E-state index in [0.29, 0.717) is 16.9 Å². The minimum Gasteiger partial charge on any atom is -0.433 e. The molecule has 1 saturated heterocycles. The van der Waals surface area contributed by atoms with E-state index in [9.17, 15) is 13.6 Å². The average molecular weight is 598 g/mol. The molecule has 11 heteroatoms. The second-order valence-corrected chi connectivity index (χ2v) is 11.9. The number of hydrogen-bond acceptors (Lipinski definition) is 7. The van der Waals surface area contributed by atoms with Crippen LogP contribution < -0.4 is 10.5 Å². The molecule has 0 spiro atoms. The number of ketones is 1. The number of nitrogens with two attached hydrogens (primary N) is 1. The van der Waals surface area contributed by atoms with Crippen molar-refractivity contribution in [1.29, 1.82) is 0 Å². The van der Waals surface area contributed by atoms with Gasteiger partial charge >= 0.3 is 0 Å². The molecule has 0 amide bonds. The largest absolute Gasteiger partial charge is 0.433 e. The molecule has 0 saturated carbocycles. The number of carbonyl (C=O) groups is 1. The third-order valence-electron chi connectivity index (χ3n) is 8.80. The molecule has 0 bridgehead atoms. The molecule has 3 aromatic heterocycles. The maximum absolute atomic E-state index is 14.0. The number of aromatic amines is 1. The number of anilines is 1. The van der Waals surface area contributed by atoms with Crippen molar-refractivity contribution in [2.24, 2.45) is 5.92 Å². The number of halogens is 2. The van der Waals surface area contributed by atoms with Gasteiger partial charge in [-0.1, -0.05) is 12.1 Å². The minimum atomic E-state index is -0.833. The fourth-order valence-corrected chi connectivity index (χ4v) is 6.52. The molecular weight excluding hydrogens is 564 g/mol. The summed E-state index contributed by atoms with van der Waals surface area (Å²) in [6.07, 6.45) is 5.07. The van der Waals surface area contributed by atoms with Gasteiger partial charge in [-0.2, -0.15) is 5.10 Å². The summed E-state index contributed by atoms with van der Waals surface area (Å²) in [4.78, 5) is 26.1. The molecule has 44 heavy (non-hydrogen) atoms. The van der Waals surface area contributed by atoms with Crippen LogP contribution in [0, 0.1) is 24.5 Å². The monoisotopic (exact) mass is 597 g/mol. The van der Waals surface area contributed by atoms with Crippen molar-refractivity contribution in [3.63, 3.8) is 0 Å². The summed E-state index contributed by atoms with van der Waals surface area (Å²) >= 11 is 0. The van der Waals surface area contributed by atoms with Gasteiger partial charge in [0.05, 0.1) is 29.3 Å².